The zero-order valence-electron chi connectivity index (χ0n) is 10.3. The summed E-state index contributed by atoms with van der Waals surface area (Å²) in [5.74, 6) is 0.0622. The molecular weight excluding hydrogens is 212 g/mol. The first-order valence-electron chi connectivity index (χ1n) is 5.64. The Kier molecular flexibility index (Phi) is 2.84. The molecule has 0 spiro atoms. The van der Waals surface area contributed by atoms with Gasteiger partial charge in [0.05, 0.1) is 5.69 Å². The number of carbonyl (C=O) groups excluding carboxylic acids is 1. The molecule has 0 saturated carbocycles. The standard InChI is InChI=1S/C14H16N2O/c1-14(2,3)13(17)12-9-10-16(15-12)11-7-5-4-6-8-11/h4-10H,1-3H3. The fourth-order valence-corrected chi connectivity index (χ4v) is 1.55. The lowest BCUT2D eigenvalue weighted by Crippen LogP contribution is -2.20. The first kappa shape index (κ1) is 11.6. The third kappa shape index (κ3) is 2.44. The van der Waals surface area contributed by atoms with E-state index in [1.165, 1.54) is 0 Å². The monoisotopic (exact) mass is 228 g/mol. The number of Topliss-reactive ketones (excluding diaryl/α,β-unsaturated/α-hetero) is 1. The number of benzene rings is 1. The number of hydrogen-bond acceptors (Lipinski definition) is 2. The third-order valence-electron chi connectivity index (χ3n) is 2.52. The fraction of sp³-hybridized carbons (Fsp3) is 0.286. The van der Waals surface area contributed by atoms with Gasteiger partial charge in [0, 0.05) is 11.6 Å². The minimum absolute atomic E-state index is 0.0622. The average Bonchev–Trinajstić information content (AvgIpc) is 2.77. The molecule has 0 N–H and O–H groups in total. The molecule has 1 aromatic carbocycles. The molecular formula is C14H16N2O. The molecule has 2 aromatic rings. The van der Waals surface area contributed by atoms with Gasteiger partial charge in [-0.1, -0.05) is 39.0 Å². The van der Waals surface area contributed by atoms with E-state index in [4.69, 9.17) is 0 Å². The van der Waals surface area contributed by atoms with Gasteiger partial charge in [0.2, 0.25) is 0 Å². The molecule has 2 rings (SSSR count). The summed E-state index contributed by atoms with van der Waals surface area (Å²) in [7, 11) is 0. The molecule has 17 heavy (non-hydrogen) atoms. The second-order valence-electron chi connectivity index (χ2n) is 5.06. The Morgan fingerprint density at radius 2 is 1.76 bits per heavy atom. The van der Waals surface area contributed by atoms with Crippen LogP contribution in [0.25, 0.3) is 5.69 Å². The first-order valence-corrected chi connectivity index (χ1v) is 5.64. The lowest BCUT2D eigenvalue weighted by molar-refractivity contribution is 0.0852. The number of aromatic nitrogens is 2. The van der Waals surface area contributed by atoms with Crippen molar-refractivity contribution in [1.82, 2.24) is 9.78 Å². The van der Waals surface area contributed by atoms with Crippen molar-refractivity contribution in [1.29, 1.82) is 0 Å². The van der Waals surface area contributed by atoms with Gasteiger partial charge in [0.1, 0.15) is 5.69 Å². The fourth-order valence-electron chi connectivity index (χ4n) is 1.55. The van der Waals surface area contributed by atoms with Gasteiger partial charge >= 0.3 is 0 Å². The normalized spacial score (nSPS) is 11.5. The molecule has 0 aliphatic carbocycles. The maximum atomic E-state index is 12.0. The van der Waals surface area contributed by atoms with Gasteiger partial charge in [-0.2, -0.15) is 5.10 Å². The average molecular weight is 228 g/mol. The van der Waals surface area contributed by atoms with E-state index in [9.17, 15) is 4.79 Å². The summed E-state index contributed by atoms with van der Waals surface area (Å²) in [6.45, 7) is 5.70. The number of nitrogens with zero attached hydrogens (tertiary/aromatic N) is 2. The highest BCUT2D eigenvalue weighted by atomic mass is 16.1. The lowest BCUT2D eigenvalue weighted by Gasteiger charge is -2.14. The summed E-state index contributed by atoms with van der Waals surface area (Å²) in [6.07, 6.45) is 1.81. The maximum Gasteiger partial charge on any atom is 0.188 e. The van der Waals surface area contributed by atoms with Gasteiger partial charge in [-0.15, -0.1) is 0 Å². The van der Waals surface area contributed by atoms with E-state index in [0.29, 0.717) is 5.69 Å². The van der Waals surface area contributed by atoms with E-state index < -0.39 is 5.41 Å². The van der Waals surface area contributed by atoms with Crippen LogP contribution in [-0.4, -0.2) is 15.6 Å². The second kappa shape index (κ2) is 4.17. The summed E-state index contributed by atoms with van der Waals surface area (Å²) in [6, 6.07) is 11.5. The van der Waals surface area contributed by atoms with Crippen molar-refractivity contribution in [3.8, 4) is 5.69 Å². The first-order chi connectivity index (χ1) is 7.98. The lowest BCUT2D eigenvalue weighted by atomic mass is 9.89. The van der Waals surface area contributed by atoms with Crippen LogP contribution in [0.15, 0.2) is 42.6 Å². The molecule has 0 bridgehead atoms. The zero-order valence-corrected chi connectivity index (χ0v) is 10.3. The summed E-state index contributed by atoms with van der Waals surface area (Å²) < 4.78 is 1.72. The highest BCUT2D eigenvalue weighted by Gasteiger charge is 2.24. The molecule has 0 amide bonds. The Balaban J connectivity index is 2.32. The third-order valence-corrected chi connectivity index (χ3v) is 2.52. The van der Waals surface area contributed by atoms with Crippen LogP contribution in [0.5, 0.6) is 0 Å². The summed E-state index contributed by atoms with van der Waals surface area (Å²) in [5.41, 5.74) is 1.08. The molecule has 1 aromatic heterocycles. The maximum absolute atomic E-state index is 12.0. The highest BCUT2D eigenvalue weighted by molar-refractivity contribution is 5.98. The van der Waals surface area contributed by atoms with Gasteiger partial charge in [0.25, 0.3) is 0 Å². The molecule has 0 atom stereocenters. The topological polar surface area (TPSA) is 34.9 Å². The van der Waals surface area contributed by atoms with E-state index in [-0.39, 0.29) is 5.78 Å². The van der Waals surface area contributed by atoms with Crippen molar-refractivity contribution in [2.45, 2.75) is 20.8 Å². The van der Waals surface area contributed by atoms with Gasteiger partial charge in [-0.05, 0) is 18.2 Å². The van der Waals surface area contributed by atoms with E-state index in [1.54, 1.807) is 10.7 Å². The Morgan fingerprint density at radius 1 is 1.12 bits per heavy atom. The molecule has 0 saturated heterocycles. The minimum Gasteiger partial charge on any atom is -0.292 e. The largest absolute Gasteiger partial charge is 0.292 e. The van der Waals surface area contributed by atoms with Gasteiger partial charge in [-0.25, -0.2) is 4.68 Å². The van der Waals surface area contributed by atoms with Crippen LogP contribution >= 0.6 is 0 Å². The van der Waals surface area contributed by atoms with Gasteiger partial charge in [0.15, 0.2) is 5.78 Å². The van der Waals surface area contributed by atoms with Gasteiger partial charge < -0.3 is 0 Å². The predicted molar refractivity (Wildman–Crippen MR) is 67.3 cm³/mol. The van der Waals surface area contributed by atoms with Crippen LogP contribution in [0, 0.1) is 5.41 Å². The van der Waals surface area contributed by atoms with Crippen LogP contribution in [0.2, 0.25) is 0 Å². The summed E-state index contributed by atoms with van der Waals surface area (Å²) in [5, 5.41) is 4.31. The van der Waals surface area contributed by atoms with Crippen molar-refractivity contribution in [3.05, 3.63) is 48.3 Å². The van der Waals surface area contributed by atoms with Crippen LogP contribution < -0.4 is 0 Å². The number of para-hydroxylation sites is 1. The Morgan fingerprint density at radius 3 is 2.35 bits per heavy atom. The van der Waals surface area contributed by atoms with E-state index >= 15 is 0 Å². The number of carbonyl (C=O) groups is 1. The molecule has 3 nitrogen and oxygen atoms in total. The van der Waals surface area contributed by atoms with Crippen LogP contribution in [0.4, 0.5) is 0 Å². The molecule has 1 heterocycles. The van der Waals surface area contributed by atoms with E-state index in [1.807, 2.05) is 57.3 Å². The predicted octanol–water partition coefficient (Wildman–Crippen LogP) is 3.10. The smallest absolute Gasteiger partial charge is 0.188 e. The van der Waals surface area contributed by atoms with Gasteiger partial charge in [-0.3, -0.25) is 4.79 Å². The number of rotatable bonds is 2. The van der Waals surface area contributed by atoms with Crippen molar-refractivity contribution in [2.75, 3.05) is 0 Å². The van der Waals surface area contributed by atoms with Crippen molar-refractivity contribution in [3.63, 3.8) is 0 Å². The molecule has 3 heteroatoms. The summed E-state index contributed by atoms with van der Waals surface area (Å²) in [4.78, 5) is 12.0. The molecule has 0 aliphatic heterocycles. The van der Waals surface area contributed by atoms with Crippen molar-refractivity contribution in [2.24, 2.45) is 5.41 Å². The molecule has 0 fully saturated rings. The van der Waals surface area contributed by atoms with E-state index in [0.717, 1.165) is 5.69 Å². The molecule has 0 unspecified atom stereocenters. The quantitative estimate of drug-likeness (QED) is 0.740. The minimum atomic E-state index is -0.393. The van der Waals surface area contributed by atoms with Crippen LogP contribution in [0.3, 0.4) is 0 Å². The Bertz CT molecular complexity index is 521. The number of ketones is 1. The SMILES string of the molecule is CC(C)(C)C(=O)c1ccn(-c2ccccc2)n1. The zero-order chi connectivity index (χ0) is 12.5. The van der Waals surface area contributed by atoms with Crippen molar-refractivity contribution < 1.29 is 4.79 Å². The Labute approximate surface area is 101 Å². The van der Waals surface area contributed by atoms with Crippen LogP contribution in [-0.2, 0) is 0 Å². The van der Waals surface area contributed by atoms with Crippen LogP contribution in [0.1, 0.15) is 31.3 Å². The highest BCUT2D eigenvalue weighted by Crippen LogP contribution is 2.20. The second-order valence-corrected chi connectivity index (χ2v) is 5.06. The molecule has 88 valence electrons. The number of hydrogen-bond donors (Lipinski definition) is 0. The van der Waals surface area contributed by atoms with Crippen molar-refractivity contribution >= 4 is 5.78 Å². The molecule has 0 aliphatic rings. The van der Waals surface area contributed by atoms with E-state index in [2.05, 4.69) is 5.10 Å². The Hall–Kier alpha value is -1.90. The summed E-state index contributed by atoms with van der Waals surface area (Å²) >= 11 is 0. The molecule has 0 radical (unpaired) electrons.